The predicted molar refractivity (Wildman–Crippen MR) is 121 cm³/mol. The summed E-state index contributed by atoms with van der Waals surface area (Å²) in [5, 5.41) is 4.13. The van der Waals surface area contributed by atoms with Crippen molar-refractivity contribution >= 4 is 17.7 Å². The van der Waals surface area contributed by atoms with Crippen LogP contribution in [0.4, 0.5) is 0 Å². The number of hydrogen-bond donors (Lipinski definition) is 0. The minimum absolute atomic E-state index is 0.0760. The lowest BCUT2D eigenvalue weighted by Gasteiger charge is -2.16. The summed E-state index contributed by atoms with van der Waals surface area (Å²) in [4.78, 5) is 20.2. The first-order chi connectivity index (χ1) is 15.0. The molecule has 31 heavy (non-hydrogen) atoms. The number of likely N-dealkylation sites (tertiary alicyclic amines) is 1. The van der Waals surface area contributed by atoms with Crippen molar-refractivity contribution in [1.82, 2.24) is 15.0 Å². The maximum Gasteiger partial charge on any atom is 0.232 e. The summed E-state index contributed by atoms with van der Waals surface area (Å²) < 4.78 is 11.2. The first kappa shape index (κ1) is 21.4. The smallest absolute Gasteiger partial charge is 0.232 e. The standard InChI is InChI=1S/C24H27N3O3S/c1-16(2)15-29-20-8-6-18(7-9-20)23-25-24(30-26-23)19-12-22(28)27(14-19)13-17-4-10-21(31-3)11-5-17/h4-11,16,19H,12-15H2,1-3H3. The van der Waals surface area contributed by atoms with Crippen LogP contribution in [-0.4, -0.2) is 40.4 Å². The average Bonchev–Trinajstić information content (AvgIpc) is 3.40. The lowest BCUT2D eigenvalue weighted by atomic mass is 10.1. The fourth-order valence-electron chi connectivity index (χ4n) is 3.52. The van der Waals surface area contributed by atoms with Crippen LogP contribution in [-0.2, 0) is 11.3 Å². The Hall–Kier alpha value is -2.80. The molecular formula is C24H27N3O3S. The molecule has 4 rings (SSSR count). The maximum absolute atomic E-state index is 12.5. The third-order valence-corrected chi connectivity index (χ3v) is 5.98. The van der Waals surface area contributed by atoms with Crippen molar-refractivity contribution in [2.45, 2.75) is 37.6 Å². The second kappa shape index (κ2) is 9.56. The van der Waals surface area contributed by atoms with Crippen LogP contribution in [0.25, 0.3) is 11.4 Å². The van der Waals surface area contributed by atoms with Crippen molar-refractivity contribution in [2.75, 3.05) is 19.4 Å². The van der Waals surface area contributed by atoms with Gasteiger partial charge in [0.2, 0.25) is 17.6 Å². The number of amides is 1. The number of thioether (sulfide) groups is 1. The van der Waals surface area contributed by atoms with Gasteiger partial charge in [-0.2, -0.15) is 4.98 Å². The van der Waals surface area contributed by atoms with Crippen LogP contribution in [0.15, 0.2) is 57.9 Å². The molecule has 0 aliphatic carbocycles. The molecule has 0 bridgehead atoms. The lowest BCUT2D eigenvalue weighted by Crippen LogP contribution is -2.24. The van der Waals surface area contributed by atoms with Crippen LogP contribution in [0.5, 0.6) is 5.75 Å². The molecule has 1 aliphatic heterocycles. The fraction of sp³-hybridized carbons (Fsp3) is 0.375. The van der Waals surface area contributed by atoms with E-state index in [2.05, 4.69) is 54.5 Å². The third kappa shape index (κ3) is 5.28. The first-order valence-corrected chi connectivity index (χ1v) is 11.7. The van der Waals surface area contributed by atoms with E-state index in [1.165, 1.54) is 4.90 Å². The number of ether oxygens (including phenoxy) is 1. The van der Waals surface area contributed by atoms with Crippen molar-refractivity contribution in [2.24, 2.45) is 5.92 Å². The van der Waals surface area contributed by atoms with Crippen molar-refractivity contribution in [3.63, 3.8) is 0 Å². The molecule has 0 N–H and O–H groups in total. The zero-order valence-corrected chi connectivity index (χ0v) is 18.9. The van der Waals surface area contributed by atoms with E-state index in [1.54, 1.807) is 11.8 Å². The number of carbonyl (C=O) groups is 1. The molecule has 2 heterocycles. The van der Waals surface area contributed by atoms with Crippen LogP contribution in [0.3, 0.4) is 0 Å². The zero-order chi connectivity index (χ0) is 21.8. The molecule has 2 aromatic carbocycles. The van der Waals surface area contributed by atoms with Crippen molar-refractivity contribution in [3.05, 3.63) is 60.0 Å². The highest BCUT2D eigenvalue weighted by molar-refractivity contribution is 7.98. The molecule has 0 spiro atoms. The molecule has 1 saturated heterocycles. The maximum atomic E-state index is 12.5. The van der Waals surface area contributed by atoms with Crippen LogP contribution >= 0.6 is 11.8 Å². The molecule has 0 radical (unpaired) electrons. The quantitative estimate of drug-likeness (QED) is 0.462. The van der Waals surface area contributed by atoms with Gasteiger partial charge in [0.15, 0.2) is 0 Å². The Bertz CT molecular complexity index is 1020. The summed E-state index contributed by atoms with van der Waals surface area (Å²) in [6.07, 6.45) is 2.45. The van der Waals surface area contributed by atoms with Crippen LogP contribution in [0.2, 0.25) is 0 Å². The summed E-state index contributed by atoms with van der Waals surface area (Å²) in [5.41, 5.74) is 1.99. The van der Waals surface area contributed by atoms with E-state index in [9.17, 15) is 4.79 Å². The monoisotopic (exact) mass is 437 g/mol. The SMILES string of the molecule is CSc1ccc(CN2CC(c3nc(-c4ccc(OCC(C)C)cc4)no3)CC2=O)cc1. The highest BCUT2D eigenvalue weighted by atomic mass is 32.2. The Labute approximate surface area is 187 Å². The van der Waals surface area contributed by atoms with Crippen molar-refractivity contribution < 1.29 is 14.1 Å². The van der Waals surface area contributed by atoms with Gasteiger partial charge in [-0.3, -0.25) is 4.79 Å². The number of aromatic nitrogens is 2. The summed E-state index contributed by atoms with van der Waals surface area (Å²) in [7, 11) is 0. The Morgan fingerprint density at radius 1 is 1.16 bits per heavy atom. The van der Waals surface area contributed by atoms with Crippen molar-refractivity contribution in [3.8, 4) is 17.1 Å². The average molecular weight is 438 g/mol. The Morgan fingerprint density at radius 2 is 1.90 bits per heavy atom. The van der Waals surface area contributed by atoms with Crippen LogP contribution in [0.1, 0.15) is 37.6 Å². The number of benzene rings is 2. The summed E-state index contributed by atoms with van der Waals surface area (Å²) in [6, 6.07) is 16.0. The van der Waals surface area contributed by atoms with E-state index in [-0.39, 0.29) is 11.8 Å². The molecule has 1 atom stereocenters. The molecule has 6 nitrogen and oxygen atoms in total. The van der Waals surface area contributed by atoms with E-state index in [4.69, 9.17) is 9.26 Å². The van der Waals surface area contributed by atoms with Gasteiger partial charge in [0.25, 0.3) is 0 Å². The van der Waals surface area contributed by atoms with E-state index in [0.29, 0.717) is 43.8 Å². The molecule has 1 fully saturated rings. The van der Waals surface area contributed by atoms with Gasteiger partial charge in [0, 0.05) is 30.0 Å². The molecule has 0 saturated carbocycles. The number of hydrogen-bond acceptors (Lipinski definition) is 6. The zero-order valence-electron chi connectivity index (χ0n) is 18.1. The predicted octanol–water partition coefficient (Wildman–Crippen LogP) is 5.01. The number of carbonyl (C=O) groups excluding carboxylic acids is 1. The lowest BCUT2D eigenvalue weighted by molar-refractivity contribution is -0.128. The topological polar surface area (TPSA) is 68.5 Å². The molecule has 7 heteroatoms. The van der Waals surface area contributed by atoms with Gasteiger partial charge in [-0.15, -0.1) is 11.8 Å². The fourth-order valence-corrected chi connectivity index (χ4v) is 3.93. The van der Waals surface area contributed by atoms with Gasteiger partial charge in [0.05, 0.1) is 12.5 Å². The summed E-state index contributed by atoms with van der Waals surface area (Å²) >= 11 is 1.71. The molecule has 1 amide bonds. The second-order valence-corrected chi connectivity index (χ2v) is 9.09. The number of nitrogens with zero attached hydrogens (tertiary/aromatic N) is 3. The Balaban J connectivity index is 1.39. The number of rotatable bonds is 8. The Kier molecular flexibility index (Phi) is 6.61. The largest absolute Gasteiger partial charge is 0.493 e. The van der Waals surface area contributed by atoms with Crippen LogP contribution < -0.4 is 4.74 Å². The highest BCUT2D eigenvalue weighted by Crippen LogP contribution is 2.30. The minimum atomic E-state index is -0.0760. The van der Waals surface area contributed by atoms with Gasteiger partial charge in [-0.05, 0) is 54.1 Å². The van der Waals surface area contributed by atoms with Gasteiger partial charge >= 0.3 is 0 Å². The summed E-state index contributed by atoms with van der Waals surface area (Å²) in [6.45, 7) is 6.10. The highest BCUT2D eigenvalue weighted by Gasteiger charge is 2.34. The van der Waals surface area contributed by atoms with E-state index < -0.39 is 0 Å². The van der Waals surface area contributed by atoms with E-state index in [0.717, 1.165) is 16.9 Å². The third-order valence-electron chi connectivity index (χ3n) is 5.23. The van der Waals surface area contributed by atoms with Crippen LogP contribution in [0, 0.1) is 5.92 Å². The summed E-state index contributed by atoms with van der Waals surface area (Å²) in [5.74, 6) is 2.39. The Morgan fingerprint density at radius 3 is 2.58 bits per heavy atom. The minimum Gasteiger partial charge on any atom is -0.493 e. The van der Waals surface area contributed by atoms with E-state index in [1.807, 2.05) is 29.2 Å². The molecule has 1 aromatic heterocycles. The van der Waals surface area contributed by atoms with E-state index >= 15 is 0 Å². The first-order valence-electron chi connectivity index (χ1n) is 10.5. The normalized spacial score (nSPS) is 16.3. The molecular weight excluding hydrogens is 410 g/mol. The van der Waals surface area contributed by atoms with Gasteiger partial charge in [0.1, 0.15) is 5.75 Å². The second-order valence-electron chi connectivity index (χ2n) is 8.21. The van der Waals surface area contributed by atoms with Gasteiger partial charge in [-0.25, -0.2) is 0 Å². The molecule has 3 aromatic rings. The molecule has 1 unspecified atom stereocenters. The van der Waals surface area contributed by atoms with Gasteiger partial charge in [-0.1, -0.05) is 31.1 Å². The van der Waals surface area contributed by atoms with Crippen molar-refractivity contribution in [1.29, 1.82) is 0 Å². The molecule has 1 aliphatic rings. The van der Waals surface area contributed by atoms with Gasteiger partial charge < -0.3 is 14.2 Å². The molecule has 162 valence electrons.